The highest BCUT2D eigenvalue weighted by atomic mass is 16.5. The van der Waals surface area contributed by atoms with Crippen molar-refractivity contribution in [3.63, 3.8) is 0 Å². The van der Waals surface area contributed by atoms with Crippen LogP contribution in [0, 0.1) is 0 Å². The highest BCUT2D eigenvalue weighted by Gasteiger charge is 2.11. The maximum absolute atomic E-state index is 11.9. The minimum atomic E-state index is -0.127. The Labute approximate surface area is 107 Å². The van der Waals surface area contributed by atoms with Crippen molar-refractivity contribution in [2.45, 2.75) is 13.0 Å². The molecule has 1 aromatic carbocycles. The van der Waals surface area contributed by atoms with E-state index in [4.69, 9.17) is 9.47 Å². The number of benzene rings is 1. The van der Waals surface area contributed by atoms with Gasteiger partial charge in [-0.1, -0.05) is 0 Å². The molecular formula is C13H20N2O3. The fourth-order valence-corrected chi connectivity index (χ4v) is 1.43. The molecule has 2 N–H and O–H groups in total. The Hall–Kier alpha value is -1.75. The molecule has 18 heavy (non-hydrogen) atoms. The van der Waals surface area contributed by atoms with Crippen LogP contribution >= 0.6 is 0 Å². The summed E-state index contributed by atoms with van der Waals surface area (Å²) in [6.07, 6.45) is 0. The van der Waals surface area contributed by atoms with Gasteiger partial charge in [-0.05, 0) is 32.2 Å². The summed E-state index contributed by atoms with van der Waals surface area (Å²) in [5.74, 6) is 1.03. The average Bonchev–Trinajstić information content (AvgIpc) is 2.43. The number of nitrogens with one attached hydrogen (secondary N) is 2. The van der Waals surface area contributed by atoms with Crippen LogP contribution < -0.4 is 20.1 Å². The van der Waals surface area contributed by atoms with Gasteiger partial charge >= 0.3 is 0 Å². The quantitative estimate of drug-likeness (QED) is 0.794. The normalized spacial score (nSPS) is 11.8. The molecular weight excluding hydrogens is 232 g/mol. The number of methoxy groups -OCH3 is 2. The maximum Gasteiger partial charge on any atom is 0.251 e. The van der Waals surface area contributed by atoms with Gasteiger partial charge in [-0.15, -0.1) is 0 Å². The Morgan fingerprint density at radius 1 is 1.28 bits per heavy atom. The van der Waals surface area contributed by atoms with Gasteiger partial charge in [0.15, 0.2) is 11.5 Å². The zero-order valence-electron chi connectivity index (χ0n) is 11.2. The van der Waals surface area contributed by atoms with Crippen LogP contribution in [0.3, 0.4) is 0 Å². The molecule has 1 unspecified atom stereocenters. The van der Waals surface area contributed by atoms with Crippen molar-refractivity contribution in [3.8, 4) is 11.5 Å². The molecule has 1 amide bonds. The van der Waals surface area contributed by atoms with Gasteiger partial charge in [0.2, 0.25) is 0 Å². The van der Waals surface area contributed by atoms with Crippen LogP contribution in [0.5, 0.6) is 11.5 Å². The van der Waals surface area contributed by atoms with Crippen LogP contribution in [-0.2, 0) is 0 Å². The van der Waals surface area contributed by atoms with Crippen molar-refractivity contribution < 1.29 is 14.3 Å². The first-order chi connectivity index (χ1) is 8.62. The van der Waals surface area contributed by atoms with E-state index < -0.39 is 0 Å². The zero-order chi connectivity index (χ0) is 13.5. The standard InChI is InChI=1S/C13H20N2O3/c1-9(14-2)8-15-13(16)10-5-6-11(17-3)12(7-10)18-4/h5-7,9,14H,8H2,1-4H3,(H,15,16). The summed E-state index contributed by atoms with van der Waals surface area (Å²) < 4.78 is 10.3. The van der Waals surface area contributed by atoms with Crippen molar-refractivity contribution in [3.05, 3.63) is 23.8 Å². The number of hydrogen-bond acceptors (Lipinski definition) is 4. The number of ether oxygens (including phenoxy) is 2. The molecule has 5 nitrogen and oxygen atoms in total. The third kappa shape index (κ3) is 3.63. The average molecular weight is 252 g/mol. The zero-order valence-corrected chi connectivity index (χ0v) is 11.2. The lowest BCUT2D eigenvalue weighted by Gasteiger charge is -2.12. The number of carbonyl (C=O) groups excluding carboxylic acids is 1. The van der Waals surface area contributed by atoms with Crippen LogP contribution in [-0.4, -0.2) is 39.8 Å². The van der Waals surface area contributed by atoms with Gasteiger partial charge in [-0.2, -0.15) is 0 Å². The van der Waals surface area contributed by atoms with E-state index >= 15 is 0 Å². The Balaban J connectivity index is 2.74. The first-order valence-electron chi connectivity index (χ1n) is 5.79. The molecule has 1 rings (SSSR count). The van der Waals surface area contributed by atoms with Gasteiger partial charge in [-0.3, -0.25) is 4.79 Å². The first-order valence-corrected chi connectivity index (χ1v) is 5.79. The number of rotatable bonds is 6. The molecule has 0 aliphatic rings. The molecule has 0 aliphatic heterocycles. The molecule has 0 aromatic heterocycles. The minimum absolute atomic E-state index is 0.127. The fraction of sp³-hybridized carbons (Fsp3) is 0.462. The number of amides is 1. The lowest BCUT2D eigenvalue weighted by Crippen LogP contribution is -2.37. The molecule has 1 atom stereocenters. The smallest absolute Gasteiger partial charge is 0.251 e. The van der Waals surface area contributed by atoms with Crippen LogP contribution in [0.2, 0.25) is 0 Å². The molecule has 0 aliphatic carbocycles. The lowest BCUT2D eigenvalue weighted by molar-refractivity contribution is 0.0950. The lowest BCUT2D eigenvalue weighted by atomic mass is 10.2. The predicted octanol–water partition coefficient (Wildman–Crippen LogP) is 1.04. The summed E-state index contributed by atoms with van der Waals surface area (Å²) in [5, 5.41) is 5.89. The highest BCUT2D eigenvalue weighted by Crippen LogP contribution is 2.27. The van der Waals surface area contributed by atoms with Crippen molar-refractivity contribution in [1.29, 1.82) is 0 Å². The summed E-state index contributed by atoms with van der Waals surface area (Å²) in [4.78, 5) is 11.9. The largest absolute Gasteiger partial charge is 0.493 e. The van der Waals surface area contributed by atoms with Crippen molar-refractivity contribution in [1.82, 2.24) is 10.6 Å². The minimum Gasteiger partial charge on any atom is -0.493 e. The summed E-state index contributed by atoms with van der Waals surface area (Å²) >= 11 is 0. The second kappa shape index (κ2) is 6.86. The highest BCUT2D eigenvalue weighted by molar-refractivity contribution is 5.94. The molecule has 5 heteroatoms. The van der Waals surface area contributed by atoms with Crippen LogP contribution in [0.4, 0.5) is 0 Å². The molecule has 0 saturated carbocycles. The third-order valence-electron chi connectivity index (χ3n) is 2.71. The third-order valence-corrected chi connectivity index (χ3v) is 2.71. The Kier molecular flexibility index (Phi) is 5.45. The fourth-order valence-electron chi connectivity index (χ4n) is 1.43. The van der Waals surface area contributed by atoms with E-state index in [1.807, 2.05) is 14.0 Å². The van der Waals surface area contributed by atoms with Gasteiger partial charge in [0.25, 0.3) is 5.91 Å². The first kappa shape index (κ1) is 14.3. The van der Waals surface area contributed by atoms with Gasteiger partial charge in [0, 0.05) is 18.2 Å². The van der Waals surface area contributed by atoms with Crippen molar-refractivity contribution in [2.75, 3.05) is 27.8 Å². The van der Waals surface area contributed by atoms with Gasteiger partial charge < -0.3 is 20.1 Å². The van der Waals surface area contributed by atoms with E-state index in [0.29, 0.717) is 23.6 Å². The van der Waals surface area contributed by atoms with E-state index in [1.165, 1.54) is 0 Å². The van der Waals surface area contributed by atoms with E-state index in [9.17, 15) is 4.79 Å². The SMILES string of the molecule is CNC(C)CNC(=O)c1ccc(OC)c(OC)c1. The van der Waals surface area contributed by atoms with E-state index in [0.717, 1.165) is 0 Å². The second-order valence-electron chi connectivity index (χ2n) is 3.97. The number of hydrogen-bond donors (Lipinski definition) is 2. The summed E-state index contributed by atoms with van der Waals surface area (Å²) in [6.45, 7) is 2.57. The summed E-state index contributed by atoms with van der Waals surface area (Å²) in [5.41, 5.74) is 0.552. The number of likely N-dealkylation sites (N-methyl/N-ethyl adjacent to an activating group) is 1. The molecule has 1 aromatic rings. The maximum atomic E-state index is 11.9. The summed E-state index contributed by atoms with van der Waals surface area (Å²) in [7, 11) is 4.96. The molecule has 0 spiro atoms. The van der Waals surface area contributed by atoms with Gasteiger partial charge in [0.05, 0.1) is 14.2 Å². The van der Waals surface area contributed by atoms with E-state index in [2.05, 4.69) is 10.6 Å². The van der Waals surface area contributed by atoms with Crippen molar-refractivity contribution >= 4 is 5.91 Å². The van der Waals surface area contributed by atoms with Crippen LogP contribution in [0.15, 0.2) is 18.2 Å². The van der Waals surface area contributed by atoms with Gasteiger partial charge in [-0.25, -0.2) is 0 Å². The molecule has 0 fully saturated rings. The Bertz CT molecular complexity index is 407. The monoisotopic (exact) mass is 252 g/mol. The Morgan fingerprint density at radius 3 is 2.50 bits per heavy atom. The summed E-state index contributed by atoms with van der Waals surface area (Å²) in [6, 6.07) is 5.32. The van der Waals surface area contributed by atoms with E-state index in [-0.39, 0.29) is 11.9 Å². The molecule has 100 valence electrons. The van der Waals surface area contributed by atoms with Crippen LogP contribution in [0.25, 0.3) is 0 Å². The van der Waals surface area contributed by atoms with Crippen molar-refractivity contribution in [2.24, 2.45) is 0 Å². The molecule has 0 radical (unpaired) electrons. The topological polar surface area (TPSA) is 59.6 Å². The van der Waals surface area contributed by atoms with E-state index in [1.54, 1.807) is 32.4 Å². The second-order valence-corrected chi connectivity index (χ2v) is 3.97. The predicted molar refractivity (Wildman–Crippen MR) is 70.4 cm³/mol. The van der Waals surface area contributed by atoms with Gasteiger partial charge in [0.1, 0.15) is 0 Å². The molecule has 0 bridgehead atoms. The molecule has 0 saturated heterocycles. The van der Waals surface area contributed by atoms with Crippen LogP contribution in [0.1, 0.15) is 17.3 Å². The molecule has 0 heterocycles. The Morgan fingerprint density at radius 2 is 1.94 bits per heavy atom. The number of carbonyl (C=O) groups is 1.